The summed E-state index contributed by atoms with van der Waals surface area (Å²) in [5.74, 6) is 0.598. The van der Waals surface area contributed by atoms with Gasteiger partial charge in [0.2, 0.25) is 0 Å². The van der Waals surface area contributed by atoms with Gasteiger partial charge in [-0.25, -0.2) is 0 Å². The zero-order valence-electron chi connectivity index (χ0n) is 13.0. The molecule has 0 rings (SSSR count). The first-order chi connectivity index (χ1) is 8.74. The van der Waals surface area contributed by atoms with E-state index in [0.29, 0.717) is 5.96 Å². The third-order valence-corrected chi connectivity index (χ3v) is 2.83. The van der Waals surface area contributed by atoms with Gasteiger partial charge in [0.15, 0.2) is 5.96 Å². The summed E-state index contributed by atoms with van der Waals surface area (Å²) in [4.78, 5) is 6.85. The molecule has 0 spiro atoms. The molecule has 5 heteroatoms. The number of hydrogen-bond acceptors (Lipinski definition) is 2. The predicted molar refractivity (Wildman–Crippen MR) is 96.5 cm³/mol. The van der Waals surface area contributed by atoms with Crippen molar-refractivity contribution < 1.29 is 0 Å². The van der Waals surface area contributed by atoms with Crippen LogP contribution >= 0.6 is 24.0 Å². The van der Waals surface area contributed by atoms with Crippen molar-refractivity contribution in [3.63, 3.8) is 0 Å². The van der Waals surface area contributed by atoms with Crippen LogP contribution in [0.3, 0.4) is 0 Å². The van der Waals surface area contributed by atoms with Crippen molar-refractivity contribution in [1.82, 2.24) is 10.2 Å². The van der Waals surface area contributed by atoms with Crippen molar-refractivity contribution in [2.24, 2.45) is 10.7 Å². The van der Waals surface area contributed by atoms with Crippen LogP contribution in [0.2, 0.25) is 0 Å². The number of aliphatic imine (C=N–C) groups is 1. The Morgan fingerprint density at radius 2 is 1.63 bits per heavy atom. The minimum Gasteiger partial charge on any atom is -0.370 e. The third kappa shape index (κ3) is 14.2. The first-order valence-corrected chi connectivity index (χ1v) is 7.50. The van der Waals surface area contributed by atoms with Crippen molar-refractivity contribution in [1.29, 1.82) is 0 Å². The van der Waals surface area contributed by atoms with Crippen molar-refractivity contribution in [3.8, 4) is 0 Å². The zero-order chi connectivity index (χ0) is 13.6. The normalized spacial score (nSPS) is 11.5. The number of nitrogens with one attached hydrogen (secondary N) is 1. The van der Waals surface area contributed by atoms with Gasteiger partial charge in [-0.3, -0.25) is 4.99 Å². The molecule has 0 aromatic rings. The fourth-order valence-electron chi connectivity index (χ4n) is 1.91. The number of nitrogens with two attached hydrogens (primary N) is 1. The van der Waals surface area contributed by atoms with Gasteiger partial charge < -0.3 is 16.0 Å². The highest BCUT2D eigenvalue weighted by atomic mass is 127. The van der Waals surface area contributed by atoms with Gasteiger partial charge >= 0.3 is 0 Å². The van der Waals surface area contributed by atoms with Crippen molar-refractivity contribution in [2.45, 2.75) is 52.9 Å². The molecular formula is C14H33IN4. The van der Waals surface area contributed by atoms with Crippen LogP contribution in [-0.4, -0.2) is 43.6 Å². The molecule has 3 N–H and O–H groups in total. The van der Waals surface area contributed by atoms with E-state index in [1.807, 2.05) is 0 Å². The van der Waals surface area contributed by atoms with Crippen LogP contribution in [0.25, 0.3) is 0 Å². The molecular weight excluding hydrogens is 351 g/mol. The van der Waals surface area contributed by atoms with E-state index in [0.717, 1.165) is 32.5 Å². The Kier molecular flexibility index (Phi) is 17.9. The van der Waals surface area contributed by atoms with Crippen LogP contribution in [0.4, 0.5) is 0 Å². The zero-order valence-corrected chi connectivity index (χ0v) is 15.3. The molecule has 0 bridgehead atoms. The molecule has 0 saturated carbocycles. The molecule has 116 valence electrons. The fraction of sp³-hybridized carbons (Fsp3) is 0.929. The number of nitrogens with zero attached hydrogens (tertiary/aromatic N) is 2. The van der Waals surface area contributed by atoms with E-state index in [4.69, 9.17) is 5.73 Å². The fourth-order valence-corrected chi connectivity index (χ4v) is 1.91. The number of hydrogen-bond donors (Lipinski definition) is 2. The molecule has 0 aliphatic rings. The Morgan fingerprint density at radius 1 is 1.00 bits per heavy atom. The summed E-state index contributed by atoms with van der Waals surface area (Å²) in [5, 5.41) is 3.14. The summed E-state index contributed by atoms with van der Waals surface area (Å²) in [6, 6.07) is 0. The van der Waals surface area contributed by atoms with E-state index in [9.17, 15) is 0 Å². The summed E-state index contributed by atoms with van der Waals surface area (Å²) in [7, 11) is 0. The molecule has 0 aliphatic carbocycles. The Bertz CT molecular complexity index is 204. The van der Waals surface area contributed by atoms with Crippen LogP contribution in [0, 0.1) is 0 Å². The second kappa shape index (κ2) is 16.0. The molecule has 0 amide bonds. The summed E-state index contributed by atoms with van der Waals surface area (Å²) >= 11 is 0. The Labute approximate surface area is 136 Å². The number of unbranched alkanes of at least 4 members (excludes halogenated alkanes) is 1. The van der Waals surface area contributed by atoms with Gasteiger partial charge in [0.25, 0.3) is 0 Å². The predicted octanol–water partition coefficient (Wildman–Crippen LogP) is 2.82. The van der Waals surface area contributed by atoms with Gasteiger partial charge in [-0.15, -0.1) is 24.0 Å². The van der Waals surface area contributed by atoms with Gasteiger partial charge in [-0.2, -0.15) is 0 Å². The quantitative estimate of drug-likeness (QED) is 0.249. The van der Waals surface area contributed by atoms with E-state index < -0.39 is 0 Å². The van der Waals surface area contributed by atoms with E-state index in [2.05, 4.69) is 36.0 Å². The van der Waals surface area contributed by atoms with E-state index >= 15 is 0 Å². The highest BCUT2D eigenvalue weighted by molar-refractivity contribution is 14.0. The average Bonchev–Trinajstić information content (AvgIpc) is 2.35. The number of halogens is 1. The van der Waals surface area contributed by atoms with Crippen molar-refractivity contribution in [2.75, 3.05) is 32.7 Å². The maximum atomic E-state index is 5.77. The topological polar surface area (TPSA) is 53.6 Å². The lowest BCUT2D eigenvalue weighted by Crippen LogP contribution is -2.33. The second-order valence-corrected chi connectivity index (χ2v) is 4.74. The van der Waals surface area contributed by atoms with Gasteiger partial charge in [-0.1, -0.05) is 27.2 Å². The summed E-state index contributed by atoms with van der Waals surface area (Å²) < 4.78 is 0. The molecule has 19 heavy (non-hydrogen) atoms. The third-order valence-electron chi connectivity index (χ3n) is 2.83. The monoisotopic (exact) mass is 384 g/mol. The van der Waals surface area contributed by atoms with Crippen LogP contribution in [0.15, 0.2) is 4.99 Å². The van der Waals surface area contributed by atoms with Crippen molar-refractivity contribution in [3.05, 3.63) is 0 Å². The lowest BCUT2D eigenvalue weighted by atomic mass is 10.3. The molecule has 0 heterocycles. The first-order valence-electron chi connectivity index (χ1n) is 7.50. The largest absolute Gasteiger partial charge is 0.370 e. The lowest BCUT2D eigenvalue weighted by Gasteiger charge is -2.20. The molecule has 0 atom stereocenters. The Hall–Kier alpha value is -0.0400. The molecule has 0 fully saturated rings. The molecule has 0 aromatic heterocycles. The summed E-state index contributed by atoms with van der Waals surface area (Å²) in [5.41, 5.74) is 5.77. The van der Waals surface area contributed by atoms with E-state index in [-0.39, 0.29) is 24.0 Å². The lowest BCUT2D eigenvalue weighted by molar-refractivity contribution is 0.273. The van der Waals surface area contributed by atoms with Gasteiger partial charge in [0.05, 0.1) is 0 Å². The molecule has 0 aliphatic heterocycles. The Morgan fingerprint density at radius 3 is 2.16 bits per heavy atom. The molecule has 0 saturated heterocycles. The van der Waals surface area contributed by atoms with Gasteiger partial charge in [0.1, 0.15) is 0 Å². The van der Waals surface area contributed by atoms with Crippen LogP contribution in [-0.2, 0) is 0 Å². The smallest absolute Gasteiger partial charge is 0.188 e. The highest BCUT2D eigenvalue weighted by Gasteiger charge is 2.01. The maximum Gasteiger partial charge on any atom is 0.188 e. The van der Waals surface area contributed by atoms with Gasteiger partial charge in [0, 0.05) is 13.1 Å². The van der Waals surface area contributed by atoms with Crippen LogP contribution in [0.5, 0.6) is 0 Å². The van der Waals surface area contributed by atoms with Gasteiger partial charge in [-0.05, 0) is 45.3 Å². The average molecular weight is 384 g/mol. The van der Waals surface area contributed by atoms with E-state index in [1.54, 1.807) is 0 Å². The van der Waals surface area contributed by atoms with Crippen molar-refractivity contribution >= 4 is 29.9 Å². The highest BCUT2D eigenvalue weighted by Crippen LogP contribution is 1.96. The first kappa shape index (κ1) is 21.3. The molecule has 4 nitrogen and oxygen atoms in total. The molecule has 0 aromatic carbocycles. The van der Waals surface area contributed by atoms with Crippen LogP contribution < -0.4 is 11.1 Å². The minimum atomic E-state index is 0. The maximum absolute atomic E-state index is 5.77. The summed E-state index contributed by atoms with van der Waals surface area (Å²) in [6.45, 7) is 11.9. The van der Waals surface area contributed by atoms with Crippen LogP contribution in [0.1, 0.15) is 52.9 Å². The second-order valence-electron chi connectivity index (χ2n) is 4.74. The number of guanidine groups is 1. The molecule has 0 radical (unpaired) electrons. The Balaban J connectivity index is 0. The number of rotatable bonds is 11. The van der Waals surface area contributed by atoms with E-state index in [1.165, 1.54) is 32.4 Å². The minimum absolute atomic E-state index is 0. The SMILES string of the molecule is CCCCNC(N)=NCCCN(CCC)CCC.I. The molecule has 0 unspecified atom stereocenters. The summed E-state index contributed by atoms with van der Waals surface area (Å²) in [6.07, 6.45) is 5.88. The standard InChI is InChI=1S/C14H32N4.HI/c1-4-7-9-16-14(15)17-10-8-13-18(11-5-2)12-6-3;/h4-13H2,1-3H3,(H3,15,16,17);1H.